The first-order valence-corrected chi connectivity index (χ1v) is 12.2. The number of ether oxygens (including phenoxy) is 1. The molecular formula is C25H31F2N5O3. The van der Waals surface area contributed by atoms with Gasteiger partial charge in [0.25, 0.3) is 5.89 Å². The van der Waals surface area contributed by atoms with Gasteiger partial charge >= 0.3 is 0 Å². The Balaban J connectivity index is 1.23. The highest BCUT2D eigenvalue weighted by atomic mass is 19.1. The molecule has 1 fully saturated rings. The summed E-state index contributed by atoms with van der Waals surface area (Å²) < 4.78 is 39.7. The third-order valence-electron chi connectivity index (χ3n) is 6.38. The first-order valence-electron chi connectivity index (χ1n) is 12.2. The minimum atomic E-state index is -0.974. The molecule has 0 aliphatic carbocycles. The van der Waals surface area contributed by atoms with Gasteiger partial charge in [0.15, 0.2) is 0 Å². The van der Waals surface area contributed by atoms with Crippen LogP contribution in [-0.4, -0.2) is 44.9 Å². The summed E-state index contributed by atoms with van der Waals surface area (Å²) in [5.41, 5.74) is 0.726. The van der Waals surface area contributed by atoms with Crippen LogP contribution >= 0.6 is 0 Å². The molecule has 0 saturated carbocycles. The smallest absolute Gasteiger partial charge is 0.255 e. The number of nitrogens with zero attached hydrogens (tertiary/aromatic N) is 5. The minimum absolute atomic E-state index is 0.0746. The van der Waals surface area contributed by atoms with Crippen molar-refractivity contribution in [2.75, 3.05) is 24.6 Å². The monoisotopic (exact) mass is 487 g/mol. The molecule has 10 heteroatoms. The topological polar surface area (TPSA) is 97.4 Å². The molecule has 3 aromatic rings. The molecule has 3 heterocycles. The largest absolute Gasteiger partial charge is 0.493 e. The van der Waals surface area contributed by atoms with E-state index in [-0.39, 0.29) is 17.5 Å². The maximum absolute atomic E-state index is 14.6. The molecule has 8 nitrogen and oxygen atoms in total. The molecule has 0 spiro atoms. The van der Waals surface area contributed by atoms with Crippen molar-refractivity contribution < 1.29 is 23.1 Å². The maximum Gasteiger partial charge on any atom is 0.255 e. The average molecular weight is 488 g/mol. The van der Waals surface area contributed by atoms with Crippen LogP contribution in [0.2, 0.25) is 0 Å². The Hall–Kier alpha value is -3.14. The van der Waals surface area contributed by atoms with Gasteiger partial charge in [0.2, 0.25) is 11.8 Å². The van der Waals surface area contributed by atoms with Crippen LogP contribution in [0, 0.1) is 17.6 Å². The summed E-state index contributed by atoms with van der Waals surface area (Å²) in [7, 11) is 0. The van der Waals surface area contributed by atoms with E-state index in [0.29, 0.717) is 18.9 Å². The number of hydrogen-bond acceptors (Lipinski definition) is 8. The Bertz CT molecular complexity index is 1080. The van der Waals surface area contributed by atoms with E-state index < -0.39 is 23.3 Å². The molecule has 1 saturated heterocycles. The Labute approximate surface area is 203 Å². The molecule has 0 radical (unpaired) electrons. The number of hydrogen-bond donors (Lipinski definition) is 1. The van der Waals surface area contributed by atoms with Gasteiger partial charge < -0.3 is 19.3 Å². The van der Waals surface area contributed by atoms with Gasteiger partial charge in [-0.15, -0.1) is 0 Å². The third-order valence-corrected chi connectivity index (χ3v) is 6.38. The van der Waals surface area contributed by atoms with Crippen LogP contribution in [0.25, 0.3) is 11.4 Å². The summed E-state index contributed by atoms with van der Waals surface area (Å²) in [6.07, 6.45) is 7.96. The number of aliphatic hydroxyl groups is 1. The van der Waals surface area contributed by atoms with Crippen LogP contribution in [-0.2, 0) is 6.42 Å². The summed E-state index contributed by atoms with van der Waals surface area (Å²) in [5.74, 6) is -0.536. The van der Waals surface area contributed by atoms with Crippen molar-refractivity contribution in [1.29, 1.82) is 0 Å². The number of aliphatic hydroxyl groups excluding tert-OH is 1. The van der Waals surface area contributed by atoms with Crippen molar-refractivity contribution in [3.8, 4) is 17.1 Å². The molecule has 0 amide bonds. The second kappa shape index (κ2) is 11.5. The summed E-state index contributed by atoms with van der Waals surface area (Å²) in [6, 6.07) is 2.24. The lowest BCUT2D eigenvalue weighted by Gasteiger charge is -2.32. The van der Waals surface area contributed by atoms with Gasteiger partial charge in [-0.25, -0.2) is 18.7 Å². The Morgan fingerprint density at radius 3 is 2.46 bits per heavy atom. The summed E-state index contributed by atoms with van der Waals surface area (Å²) in [4.78, 5) is 15.1. The molecule has 1 aromatic carbocycles. The van der Waals surface area contributed by atoms with Gasteiger partial charge in [-0.3, -0.25) is 0 Å². The van der Waals surface area contributed by atoms with Gasteiger partial charge in [0.1, 0.15) is 23.5 Å². The highest BCUT2D eigenvalue weighted by molar-refractivity contribution is 5.58. The maximum atomic E-state index is 14.6. The standard InChI is InChI=1S/C25H31F2N5O3/c1-3-16-14-28-25(29-15-16)32-9-7-17(8-10-32)6-5-11-34-18-12-19(26)22(20(27)13-18)23-30-24(35-31-23)21(33)4-2/h12-15,17,21,33H,3-11H2,1-2H3. The number of rotatable bonds is 10. The predicted molar refractivity (Wildman–Crippen MR) is 126 cm³/mol. The van der Waals surface area contributed by atoms with Crippen LogP contribution in [0.15, 0.2) is 29.0 Å². The van der Waals surface area contributed by atoms with Crippen molar-refractivity contribution in [3.05, 3.63) is 47.6 Å². The zero-order chi connectivity index (χ0) is 24.8. The zero-order valence-corrected chi connectivity index (χ0v) is 20.1. The normalized spacial score (nSPS) is 15.4. The fraction of sp³-hybridized carbons (Fsp3) is 0.520. The van der Waals surface area contributed by atoms with Gasteiger partial charge in [0.05, 0.1) is 12.2 Å². The Morgan fingerprint density at radius 2 is 1.83 bits per heavy atom. The second-order valence-electron chi connectivity index (χ2n) is 8.81. The van der Waals surface area contributed by atoms with Crippen LogP contribution in [0.4, 0.5) is 14.7 Å². The molecule has 1 aliphatic heterocycles. The fourth-order valence-electron chi connectivity index (χ4n) is 4.17. The summed E-state index contributed by atoms with van der Waals surface area (Å²) in [5, 5.41) is 13.3. The van der Waals surface area contributed by atoms with E-state index in [1.165, 1.54) is 0 Å². The third kappa shape index (κ3) is 6.11. The number of halogens is 2. The van der Waals surface area contributed by atoms with E-state index >= 15 is 0 Å². The lowest BCUT2D eigenvalue weighted by Crippen LogP contribution is -2.35. The van der Waals surface area contributed by atoms with E-state index in [9.17, 15) is 13.9 Å². The molecule has 188 valence electrons. The Morgan fingerprint density at radius 1 is 1.14 bits per heavy atom. The first kappa shape index (κ1) is 25.0. The highest BCUT2D eigenvalue weighted by Crippen LogP contribution is 2.30. The fourth-order valence-corrected chi connectivity index (χ4v) is 4.17. The van der Waals surface area contributed by atoms with E-state index in [1.54, 1.807) is 6.92 Å². The van der Waals surface area contributed by atoms with Crippen LogP contribution in [0.5, 0.6) is 5.75 Å². The molecule has 1 unspecified atom stereocenters. The van der Waals surface area contributed by atoms with E-state index in [2.05, 4.69) is 31.9 Å². The van der Waals surface area contributed by atoms with Crippen molar-refractivity contribution in [2.24, 2.45) is 5.92 Å². The number of aromatic nitrogens is 4. The van der Waals surface area contributed by atoms with Crippen LogP contribution in [0.3, 0.4) is 0 Å². The van der Waals surface area contributed by atoms with Crippen molar-refractivity contribution in [1.82, 2.24) is 20.1 Å². The predicted octanol–water partition coefficient (Wildman–Crippen LogP) is 4.89. The minimum Gasteiger partial charge on any atom is -0.493 e. The second-order valence-corrected chi connectivity index (χ2v) is 8.81. The van der Waals surface area contributed by atoms with Gasteiger partial charge in [0, 0.05) is 37.6 Å². The van der Waals surface area contributed by atoms with E-state index in [4.69, 9.17) is 9.26 Å². The lowest BCUT2D eigenvalue weighted by atomic mass is 9.92. The summed E-state index contributed by atoms with van der Waals surface area (Å²) >= 11 is 0. The van der Waals surface area contributed by atoms with Crippen molar-refractivity contribution in [2.45, 2.75) is 58.5 Å². The quantitative estimate of drug-likeness (QED) is 0.404. The average Bonchev–Trinajstić information content (AvgIpc) is 3.36. The molecular weight excluding hydrogens is 456 g/mol. The number of anilines is 1. The number of benzene rings is 1. The first-order chi connectivity index (χ1) is 17.0. The van der Waals surface area contributed by atoms with Gasteiger partial charge in [-0.2, -0.15) is 4.98 Å². The van der Waals surface area contributed by atoms with E-state index in [1.807, 2.05) is 12.4 Å². The number of piperidine rings is 1. The lowest BCUT2D eigenvalue weighted by molar-refractivity contribution is 0.130. The van der Waals surface area contributed by atoms with E-state index in [0.717, 1.165) is 68.8 Å². The molecule has 4 rings (SSSR count). The summed E-state index contributed by atoms with van der Waals surface area (Å²) in [6.45, 7) is 6.02. The SMILES string of the molecule is CCc1cnc(N2CCC(CCCOc3cc(F)c(-c4noc(C(O)CC)n4)c(F)c3)CC2)nc1. The molecule has 35 heavy (non-hydrogen) atoms. The molecule has 0 bridgehead atoms. The Kier molecular flexibility index (Phi) is 8.22. The zero-order valence-electron chi connectivity index (χ0n) is 20.1. The number of aryl methyl sites for hydroxylation is 1. The molecule has 1 aliphatic rings. The van der Waals surface area contributed by atoms with Crippen molar-refractivity contribution in [3.63, 3.8) is 0 Å². The van der Waals surface area contributed by atoms with Crippen LogP contribution in [0.1, 0.15) is 63.5 Å². The highest BCUT2D eigenvalue weighted by Gasteiger charge is 2.23. The van der Waals surface area contributed by atoms with Crippen molar-refractivity contribution >= 4 is 5.95 Å². The van der Waals surface area contributed by atoms with Crippen LogP contribution < -0.4 is 9.64 Å². The van der Waals surface area contributed by atoms with Gasteiger partial charge in [-0.1, -0.05) is 19.0 Å². The van der Waals surface area contributed by atoms with Gasteiger partial charge in [-0.05, 0) is 50.0 Å². The molecule has 1 atom stereocenters. The molecule has 1 N–H and O–H groups in total. The molecule has 2 aromatic heterocycles.